The first kappa shape index (κ1) is 60.7. The molecule has 478 valence electrons. The zero-order valence-corrected chi connectivity index (χ0v) is 50.9. The molecule has 4 aliphatic carbocycles. The molecular formula is C60H76FN25O5. The van der Waals surface area contributed by atoms with E-state index in [1.54, 1.807) is 26.1 Å². The standard InChI is InChI=1S/C16H22N6O.C15H17N7O.C15H20N6O2.C14H17FN6O/c1-16(2)7-21(8-16)13-12-14(20-15(17)19-13)22(9-18-12)11-4-3-10(5-11)6-23;16-4-10-5-21(6-10)13-12-14(20-15(17)19-13)22(8-18-12)11-2-1-9(3-11)7-23;1-23-11-5-20(6-11)13-12-14(19-15(16)18-13)21(8-17-12)10-3-2-9(4-10)7-22;15-9-4-20(5-9)12-11-13(19-14(16)18-12)21(7-17-11)10-2-1-8(3-10)6-22/h3-4,9-11,23H,5-8H2,1-2H3,(H2,17,19,20);1-2,8-11,23H,3,5-7H2,(H2,17,19,20);2-3,8-11,22H,4-7H2,1H3,(H2,16,18,19);1-2,7-10,22H,3-6H2,(H2,16,18,19)/t10-,11+;9-,11+;9-,10+;8-,10+/m1111/s1. The van der Waals surface area contributed by atoms with Crippen molar-refractivity contribution in [2.45, 2.75) is 76.0 Å². The maximum atomic E-state index is 13.1. The zero-order valence-electron chi connectivity index (χ0n) is 50.9. The average molecular weight is 1250 g/mol. The number of nitrogens with two attached hydrogens (primary N) is 4. The van der Waals surface area contributed by atoms with E-state index in [2.05, 4.69) is 114 Å². The van der Waals surface area contributed by atoms with E-state index in [1.807, 2.05) is 58.7 Å². The van der Waals surface area contributed by atoms with Gasteiger partial charge in [0.1, 0.15) is 6.17 Å². The minimum absolute atomic E-state index is 0.0337. The highest BCUT2D eigenvalue weighted by Crippen LogP contribution is 2.40. The topological polar surface area (TPSA) is 405 Å². The summed E-state index contributed by atoms with van der Waals surface area (Å²) in [7, 11) is 1.71. The minimum atomic E-state index is -0.823. The highest BCUT2D eigenvalue weighted by atomic mass is 19.1. The lowest BCUT2D eigenvalue weighted by atomic mass is 9.84. The molecular weight excluding hydrogens is 1170 g/mol. The lowest BCUT2D eigenvalue weighted by Crippen LogP contribution is -2.53. The second-order valence-electron chi connectivity index (χ2n) is 25.5. The number of anilines is 8. The van der Waals surface area contributed by atoms with Gasteiger partial charge in [0, 0.05) is 96.5 Å². The zero-order chi connectivity index (χ0) is 63.4. The van der Waals surface area contributed by atoms with Crippen LogP contribution < -0.4 is 42.5 Å². The summed E-state index contributed by atoms with van der Waals surface area (Å²) in [6.45, 7) is 10.5. The maximum Gasteiger partial charge on any atom is 0.224 e. The van der Waals surface area contributed by atoms with Crippen LogP contribution in [0.5, 0.6) is 0 Å². The largest absolute Gasteiger partial charge is 0.396 e. The summed E-state index contributed by atoms with van der Waals surface area (Å²) in [6.07, 6.45) is 26.2. The SMILES string of the molecule is CC1(C)CN(c2nc(N)nc3c2ncn3[C@H]2C=C[C@@H](CO)C2)C1.COC1CN(c2nc(N)nc3c2ncn3[C@H]2C=C[C@@H](CO)C2)C1.N#CC1CN(c2nc(N)nc3c2ncn3[C@H]2C=C[C@@H](CO)C2)C1.Nc1nc(N2CC(F)C2)c2ncn([C@H]3C=C[C@@H](CO)C3)c2n1. The van der Waals surface area contributed by atoms with Crippen LogP contribution in [0.4, 0.5) is 51.5 Å². The van der Waals surface area contributed by atoms with Crippen molar-refractivity contribution in [3.63, 3.8) is 0 Å². The van der Waals surface area contributed by atoms with Crippen LogP contribution in [0.15, 0.2) is 73.9 Å². The molecule has 8 atom stereocenters. The molecule has 30 nitrogen and oxygen atoms in total. The fourth-order valence-corrected chi connectivity index (χ4v) is 13.1. The number of hydrogen-bond donors (Lipinski definition) is 8. The third-order valence-corrected chi connectivity index (χ3v) is 18.2. The summed E-state index contributed by atoms with van der Waals surface area (Å²) in [5.41, 5.74) is 29.6. The smallest absolute Gasteiger partial charge is 0.224 e. The highest BCUT2D eigenvalue weighted by molar-refractivity contribution is 5.88. The van der Waals surface area contributed by atoms with Crippen molar-refractivity contribution in [1.29, 1.82) is 5.26 Å². The van der Waals surface area contributed by atoms with Crippen molar-refractivity contribution in [2.24, 2.45) is 35.0 Å². The van der Waals surface area contributed by atoms with Crippen LogP contribution in [0.2, 0.25) is 0 Å². The Kier molecular flexibility index (Phi) is 16.6. The van der Waals surface area contributed by atoms with Crippen molar-refractivity contribution in [1.82, 2.24) is 78.1 Å². The number of aromatic nitrogens is 16. The normalized spacial score (nSPS) is 24.9. The number of fused-ring (bicyclic) bond motifs is 4. The molecule has 4 fully saturated rings. The number of ether oxygens (including phenoxy) is 1. The van der Waals surface area contributed by atoms with E-state index in [0.29, 0.717) is 65.6 Å². The van der Waals surface area contributed by atoms with Crippen LogP contribution in [0.1, 0.15) is 63.7 Å². The summed E-state index contributed by atoms with van der Waals surface area (Å²) in [5, 5.41) is 46.1. The Bertz CT molecular complexity index is 4130. The van der Waals surface area contributed by atoms with Gasteiger partial charge >= 0.3 is 0 Å². The Balaban J connectivity index is 0.000000111. The van der Waals surface area contributed by atoms with Crippen LogP contribution in [-0.4, -0.2) is 197 Å². The third-order valence-electron chi connectivity index (χ3n) is 18.2. The Morgan fingerprint density at radius 1 is 0.473 bits per heavy atom. The second kappa shape index (κ2) is 24.9. The predicted octanol–water partition coefficient (Wildman–Crippen LogP) is 2.87. The van der Waals surface area contributed by atoms with Gasteiger partial charge in [-0.25, -0.2) is 24.3 Å². The van der Waals surface area contributed by atoms with E-state index in [0.717, 1.165) is 85.8 Å². The van der Waals surface area contributed by atoms with Gasteiger partial charge in [-0.3, -0.25) is 0 Å². The van der Waals surface area contributed by atoms with Crippen molar-refractivity contribution in [3.8, 4) is 6.07 Å². The van der Waals surface area contributed by atoms with Crippen LogP contribution in [0.3, 0.4) is 0 Å². The molecule has 8 aliphatic rings. The molecule has 0 saturated carbocycles. The molecule has 8 aromatic heterocycles. The first-order valence-corrected chi connectivity index (χ1v) is 30.7. The molecule has 0 radical (unpaired) electrons. The van der Waals surface area contributed by atoms with Crippen LogP contribution in [-0.2, 0) is 4.74 Å². The number of halogens is 1. The maximum absolute atomic E-state index is 13.1. The average Bonchev–Trinajstić information content (AvgIpc) is 1.70. The number of aliphatic hydroxyl groups is 4. The number of alkyl halides is 1. The molecule has 16 rings (SSSR count). The number of allylic oxidation sites excluding steroid dienone is 4. The van der Waals surface area contributed by atoms with Crippen molar-refractivity contribution < 1.29 is 29.6 Å². The fraction of sp³-hybridized carbons (Fsp3) is 0.517. The van der Waals surface area contributed by atoms with E-state index in [4.69, 9.17) is 32.9 Å². The number of nitriles is 1. The predicted molar refractivity (Wildman–Crippen MR) is 340 cm³/mol. The van der Waals surface area contributed by atoms with Gasteiger partial charge in [-0.1, -0.05) is 62.5 Å². The Morgan fingerprint density at radius 2 is 0.769 bits per heavy atom. The van der Waals surface area contributed by atoms with Gasteiger partial charge in [-0.2, -0.15) is 45.1 Å². The van der Waals surface area contributed by atoms with Gasteiger partial charge in [0.05, 0.1) is 80.7 Å². The number of methoxy groups -OCH3 is 1. The van der Waals surface area contributed by atoms with Crippen molar-refractivity contribution >= 4 is 91.7 Å². The summed E-state index contributed by atoms with van der Waals surface area (Å²) in [6, 6.07) is 2.76. The summed E-state index contributed by atoms with van der Waals surface area (Å²) in [5.74, 6) is 4.51. The third kappa shape index (κ3) is 12.0. The monoisotopic (exact) mass is 1250 g/mol. The van der Waals surface area contributed by atoms with E-state index in [1.165, 1.54) is 0 Å². The van der Waals surface area contributed by atoms with Crippen molar-refractivity contribution in [3.05, 3.63) is 73.9 Å². The number of imidazole rings is 4. The van der Waals surface area contributed by atoms with E-state index >= 15 is 0 Å². The molecule has 4 aliphatic heterocycles. The molecule has 0 bridgehead atoms. The number of hydrogen-bond acceptors (Lipinski definition) is 26. The fourth-order valence-electron chi connectivity index (χ4n) is 13.1. The molecule has 8 aromatic rings. The molecule has 12 heterocycles. The lowest BCUT2D eigenvalue weighted by molar-refractivity contribution is 0.0784. The quantitative estimate of drug-likeness (QED) is 0.0769. The Hall–Kier alpha value is -9.22. The molecule has 91 heavy (non-hydrogen) atoms. The summed E-state index contributed by atoms with van der Waals surface area (Å²) < 4.78 is 26.4. The molecule has 0 unspecified atom stereocenters. The number of nitrogens with zero attached hydrogens (tertiary/aromatic N) is 21. The van der Waals surface area contributed by atoms with Crippen LogP contribution in [0.25, 0.3) is 44.7 Å². The molecule has 0 spiro atoms. The highest BCUT2D eigenvalue weighted by Gasteiger charge is 2.38. The first-order chi connectivity index (χ1) is 44.0. The van der Waals surface area contributed by atoms with Gasteiger partial charge in [0.2, 0.25) is 23.8 Å². The van der Waals surface area contributed by atoms with Crippen LogP contribution >= 0.6 is 0 Å². The number of aliphatic hydroxyl groups excluding tert-OH is 4. The van der Waals surface area contributed by atoms with Gasteiger partial charge in [0.25, 0.3) is 0 Å². The minimum Gasteiger partial charge on any atom is -0.396 e. The number of rotatable bonds is 13. The molecule has 0 aromatic carbocycles. The number of nitrogen functional groups attached to an aromatic ring is 4. The Labute approximate surface area is 522 Å². The van der Waals surface area contributed by atoms with Crippen LogP contribution in [0, 0.1) is 46.3 Å². The van der Waals surface area contributed by atoms with E-state index in [9.17, 15) is 24.8 Å². The van der Waals surface area contributed by atoms with Crippen molar-refractivity contribution in [2.75, 3.05) is 128 Å². The molecule has 12 N–H and O–H groups in total. The van der Waals surface area contributed by atoms with Gasteiger partial charge < -0.3 is 86.0 Å². The van der Waals surface area contributed by atoms with Gasteiger partial charge in [-0.05, 0) is 31.1 Å². The molecule has 4 saturated heterocycles. The first-order valence-electron chi connectivity index (χ1n) is 30.7. The summed E-state index contributed by atoms with van der Waals surface area (Å²) in [4.78, 5) is 60.8. The summed E-state index contributed by atoms with van der Waals surface area (Å²) >= 11 is 0. The lowest BCUT2D eigenvalue weighted by Gasteiger charge is -2.46. The second-order valence-corrected chi connectivity index (χ2v) is 25.5. The molecule has 0 amide bonds. The molecule has 31 heteroatoms. The van der Waals surface area contributed by atoms with E-state index in [-0.39, 0.29) is 110 Å². The Morgan fingerprint density at radius 3 is 1.03 bits per heavy atom. The van der Waals surface area contributed by atoms with E-state index < -0.39 is 6.17 Å². The van der Waals surface area contributed by atoms with Gasteiger partial charge in [-0.15, -0.1) is 0 Å². The van der Waals surface area contributed by atoms with Gasteiger partial charge in [0.15, 0.2) is 67.9 Å².